The zero-order chi connectivity index (χ0) is 18.0. The summed E-state index contributed by atoms with van der Waals surface area (Å²) in [5.41, 5.74) is 1.46. The molecule has 2 aromatic heterocycles. The van der Waals surface area contributed by atoms with Gasteiger partial charge in [-0.05, 0) is 36.6 Å². The van der Waals surface area contributed by atoms with E-state index in [4.69, 9.17) is 0 Å². The van der Waals surface area contributed by atoms with Crippen LogP contribution in [0.4, 0.5) is 4.39 Å². The van der Waals surface area contributed by atoms with Crippen LogP contribution in [0.15, 0.2) is 53.7 Å². The van der Waals surface area contributed by atoms with Gasteiger partial charge in [-0.2, -0.15) is 0 Å². The third kappa shape index (κ3) is 4.05. The summed E-state index contributed by atoms with van der Waals surface area (Å²) in [6, 6.07) is 12.8. The number of nitrogens with one attached hydrogen (secondary N) is 2. The third-order valence-electron chi connectivity index (χ3n) is 4.91. The molecule has 0 saturated heterocycles. The highest BCUT2D eigenvalue weighted by Crippen LogP contribution is 2.48. The SMILES string of the molecule is CN=C(NCc1nnc2ccccn12)NCC1(c2ccccc2F)CC1.I. The number of rotatable bonds is 5. The van der Waals surface area contributed by atoms with Crippen molar-refractivity contribution in [1.29, 1.82) is 0 Å². The molecule has 0 atom stereocenters. The zero-order valence-corrected chi connectivity index (χ0v) is 17.4. The number of hydrogen-bond acceptors (Lipinski definition) is 3. The number of hydrogen-bond donors (Lipinski definition) is 2. The lowest BCUT2D eigenvalue weighted by atomic mass is 9.95. The third-order valence-corrected chi connectivity index (χ3v) is 4.91. The van der Waals surface area contributed by atoms with Gasteiger partial charge in [0.25, 0.3) is 0 Å². The lowest BCUT2D eigenvalue weighted by Crippen LogP contribution is -2.41. The van der Waals surface area contributed by atoms with Crippen molar-refractivity contribution in [2.45, 2.75) is 24.8 Å². The fourth-order valence-electron chi connectivity index (χ4n) is 3.23. The lowest BCUT2D eigenvalue weighted by Gasteiger charge is -2.19. The summed E-state index contributed by atoms with van der Waals surface area (Å²) >= 11 is 0. The molecule has 2 N–H and O–H groups in total. The van der Waals surface area contributed by atoms with E-state index in [-0.39, 0.29) is 35.2 Å². The van der Waals surface area contributed by atoms with Crippen molar-refractivity contribution in [3.05, 3.63) is 65.9 Å². The maximum absolute atomic E-state index is 14.1. The minimum atomic E-state index is -0.135. The summed E-state index contributed by atoms with van der Waals surface area (Å²) in [4.78, 5) is 4.26. The van der Waals surface area contributed by atoms with Crippen LogP contribution < -0.4 is 10.6 Å². The van der Waals surface area contributed by atoms with Crippen LogP contribution in [0, 0.1) is 5.82 Å². The van der Waals surface area contributed by atoms with E-state index in [9.17, 15) is 4.39 Å². The van der Waals surface area contributed by atoms with E-state index >= 15 is 0 Å². The molecule has 1 aliphatic rings. The standard InChI is InChI=1S/C19H21FN6.HI/c1-21-18(22-12-17-25-24-16-8-4-5-11-26(16)17)23-13-19(9-10-19)14-6-2-3-7-15(14)20;/h2-8,11H,9-10,12-13H2,1H3,(H2,21,22,23);1H. The number of aromatic nitrogens is 3. The first-order chi connectivity index (χ1) is 12.7. The van der Waals surface area contributed by atoms with Gasteiger partial charge in [-0.15, -0.1) is 34.2 Å². The second kappa shape index (κ2) is 8.20. The molecule has 142 valence electrons. The van der Waals surface area contributed by atoms with E-state index in [1.54, 1.807) is 13.1 Å². The minimum absolute atomic E-state index is 0. The monoisotopic (exact) mass is 480 g/mol. The summed E-state index contributed by atoms with van der Waals surface area (Å²) in [6.07, 6.45) is 3.89. The van der Waals surface area contributed by atoms with Gasteiger partial charge in [-0.1, -0.05) is 24.3 Å². The van der Waals surface area contributed by atoms with Gasteiger partial charge in [0.2, 0.25) is 0 Å². The highest BCUT2D eigenvalue weighted by molar-refractivity contribution is 14.0. The van der Waals surface area contributed by atoms with Crippen LogP contribution in [0.25, 0.3) is 5.65 Å². The van der Waals surface area contributed by atoms with Crippen LogP contribution in [0.3, 0.4) is 0 Å². The smallest absolute Gasteiger partial charge is 0.191 e. The molecule has 1 aliphatic carbocycles. The van der Waals surface area contributed by atoms with Crippen LogP contribution in [-0.4, -0.2) is 34.2 Å². The number of halogens is 2. The highest BCUT2D eigenvalue weighted by Gasteiger charge is 2.45. The number of pyridine rings is 1. The molecule has 0 unspecified atom stereocenters. The topological polar surface area (TPSA) is 66.6 Å². The Balaban J connectivity index is 0.00000210. The molecule has 8 heteroatoms. The number of benzene rings is 1. The van der Waals surface area contributed by atoms with Gasteiger partial charge in [-0.25, -0.2) is 4.39 Å². The van der Waals surface area contributed by atoms with Crippen LogP contribution in [0.5, 0.6) is 0 Å². The van der Waals surface area contributed by atoms with Gasteiger partial charge in [0.1, 0.15) is 5.82 Å². The van der Waals surface area contributed by atoms with Crippen molar-refractivity contribution in [3.8, 4) is 0 Å². The molecule has 6 nitrogen and oxygen atoms in total. The molecule has 0 bridgehead atoms. The molecule has 0 amide bonds. The summed E-state index contributed by atoms with van der Waals surface area (Å²) in [5, 5.41) is 14.9. The van der Waals surface area contributed by atoms with Crippen molar-refractivity contribution >= 4 is 35.6 Å². The van der Waals surface area contributed by atoms with Gasteiger partial charge in [0, 0.05) is 25.2 Å². The largest absolute Gasteiger partial charge is 0.356 e. The maximum Gasteiger partial charge on any atom is 0.191 e. The molecular formula is C19H22FIN6. The predicted octanol–water partition coefficient (Wildman–Crippen LogP) is 2.88. The second-order valence-electron chi connectivity index (χ2n) is 6.58. The first kappa shape index (κ1) is 19.5. The molecule has 27 heavy (non-hydrogen) atoms. The highest BCUT2D eigenvalue weighted by atomic mass is 127. The Kier molecular flexibility index (Phi) is 5.93. The Bertz CT molecular complexity index is 950. The lowest BCUT2D eigenvalue weighted by molar-refractivity contribution is 0.559. The maximum atomic E-state index is 14.1. The first-order valence-electron chi connectivity index (χ1n) is 8.70. The van der Waals surface area contributed by atoms with Crippen molar-refractivity contribution in [1.82, 2.24) is 25.2 Å². The van der Waals surface area contributed by atoms with E-state index in [1.165, 1.54) is 6.07 Å². The zero-order valence-electron chi connectivity index (χ0n) is 15.0. The van der Waals surface area contributed by atoms with Gasteiger partial charge in [0.05, 0.1) is 6.54 Å². The van der Waals surface area contributed by atoms with Crippen molar-refractivity contribution in [2.75, 3.05) is 13.6 Å². The van der Waals surface area contributed by atoms with E-state index in [2.05, 4.69) is 25.8 Å². The van der Waals surface area contributed by atoms with Crippen LogP contribution in [-0.2, 0) is 12.0 Å². The van der Waals surface area contributed by atoms with Crippen molar-refractivity contribution in [2.24, 2.45) is 4.99 Å². The molecule has 0 radical (unpaired) electrons. The predicted molar refractivity (Wildman–Crippen MR) is 114 cm³/mol. The quantitative estimate of drug-likeness (QED) is 0.335. The number of guanidine groups is 1. The Morgan fingerprint density at radius 3 is 2.67 bits per heavy atom. The Labute approximate surface area is 174 Å². The van der Waals surface area contributed by atoms with Crippen LogP contribution in [0.2, 0.25) is 0 Å². The van der Waals surface area contributed by atoms with Crippen LogP contribution >= 0.6 is 24.0 Å². The summed E-state index contributed by atoms with van der Waals surface area (Å²) in [6.45, 7) is 1.14. The molecule has 4 rings (SSSR count). The number of aliphatic imine (C=N–C) groups is 1. The molecule has 1 aromatic carbocycles. The van der Waals surface area contributed by atoms with Gasteiger partial charge >= 0.3 is 0 Å². The Morgan fingerprint density at radius 1 is 1.15 bits per heavy atom. The molecule has 3 aromatic rings. The van der Waals surface area contributed by atoms with E-state index < -0.39 is 0 Å². The first-order valence-corrected chi connectivity index (χ1v) is 8.70. The van der Waals surface area contributed by atoms with Gasteiger partial charge < -0.3 is 10.6 Å². The van der Waals surface area contributed by atoms with Gasteiger partial charge in [-0.3, -0.25) is 9.39 Å². The van der Waals surface area contributed by atoms with E-state index in [1.807, 2.05) is 40.9 Å². The van der Waals surface area contributed by atoms with Crippen molar-refractivity contribution < 1.29 is 4.39 Å². The van der Waals surface area contributed by atoms with Crippen molar-refractivity contribution in [3.63, 3.8) is 0 Å². The normalized spacial score (nSPS) is 15.3. The average Bonchev–Trinajstić information content (AvgIpc) is 3.35. The molecule has 2 heterocycles. The molecule has 0 aliphatic heterocycles. The fraction of sp³-hybridized carbons (Fsp3) is 0.316. The molecule has 1 fully saturated rings. The Hall–Kier alpha value is -2.23. The second-order valence-corrected chi connectivity index (χ2v) is 6.58. The summed E-state index contributed by atoms with van der Waals surface area (Å²) in [5.74, 6) is 1.34. The number of fused-ring (bicyclic) bond motifs is 1. The summed E-state index contributed by atoms with van der Waals surface area (Å²) in [7, 11) is 1.72. The molecule has 0 spiro atoms. The minimum Gasteiger partial charge on any atom is -0.356 e. The summed E-state index contributed by atoms with van der Waals surface area (Å²) < 4.78 is 16.1. The number of nitrogens with zero attached hydrogens (tertiary/aromatic N) is 4. The van der Waals surface area contributed by atoms with Gasteiger partial charge in [0.15, 0.2) is 17.4 Å². The Morgan fingerprint density at radius 2 is 1.93 bits per heavy atom. The molecule has 1 saturated carbocycles. The van der Waals surface area contributed by atoms with Crippen LogP contribution in [0.1, 0.15) is 24.2 Å². The average molecular weight is 480 g/mol. The fourth-order valence-corrected chi connectivity index (χ4v) is 3.23. The van der Waals surface area contributed by atoms with E-state index in [0.717, 1.165) is 29.9 Å². The van der Waals surface area contributed by atoms with E-state index in [0.29, 0.717) is 19.0 Å². The molecular weight excluding hydrogens is 458 g/mol.